The molecule has 0 aliphatic heterocycles. The molecule has 0 radical (unpaired) electrons. The predicted octanol–water partition coefficient (Wildman–Crippen LogP) is 4.19. The molecule has 106 valence electrons. The lowest BCUT2D eigenvalue weighted by atomic mass is 9.98. The van der Waals surface area contributed by atoms with Gasteiger partial charge in [0.25, 0.3) is 0 Å². The SMILES string of the molecule is CC(C)(C)COc1ccc(C(O)c2ccccc2)cc1. The summed E-state index contributed by atoms with van der Waals surface area (Å²) in [5, 5.41) is 10.3. The summed E-state index contributed by atoms with van der Waals surface area (Å²) in [4.78, 5) is 0. The van der Waals surface area contributed by atoms with Gasteiger partial charge >= 0.3 is 0 Å². The van der Waals surface area contributed by atoms with Crippen LogP contribution in [0.4, 0.5) is 0 Å². The Labute approximate surface area is 121 Å². The number of aliphatic hydroxyl groups excluding tert-OH is 1. The Bertz CT molecular complexity index is 524. The molecule has 2 aromatic carbocycles. The fraction of sp³-hybridized carbons (Fsp3) is 0.333. The standard InChI is InChI=1S/C18H22O2/c1-18(2,3)13-20-16-11-9-15(10-12-16)17(19)14-7-5-4-6-8-14/h4-12,17,19H,13H2,1-3H3. The van der Waals surface area contributed by atoms with Gasteiger partial charge < -0.3 is 9.84 Å². The summed E-state index contributed by atoms with van der Waals surface area (Å²) in [7, 11) is 0. The van der Waals surface area contributed by atoms with Crippen LogP contribution in [-0.2, 0) is 0 Å². The third-order valence-corrected chi connectivity index (χ3v) is 2.98. The summed E-state index contributed by atoms with van der Waals surface area (Å²) in [5.41, 5.74) is 1.91. The van der Waals surface area contributed by atoms with Crippen LogP contribution in [0.2, 0.25) is 0 Å². The lowest BCUT2D eigenvalue weighted by Crippen LogP contribution is -2.16. The van der Waals surface area contributed by atoms with Crippen molar-refractivity contribution in [1.82, 2.24) is 0 Å². The molecule has 0 bridgehead atoms. The van der Waals surface area contributed by atoms with E-state index < -0.39 is 6.10 Å². The highest BCUT2D eigenvalue weighted by Crippen LogP contribution is 2.24. The molecule has 0 aliphatic carbocycles. The highest BCUT2D eigenvalue weighted by Gasteiger charge is 2.12. The normalized spacial score (nSPS) is 13.0. The van der Waals surface area contributed by atoms with Crippen molar-refractivity contribution in [2.24, 2.45) is 5.41 Å². The highest BCUT2D eigenvalue weighted by molar-refractivity contribution is 5.33. The maximum Gasteiger partial charge on any atom is 0.119 e. The molecule has 2 nitrogen and oxygen atoms in total. The third-order valence-electron chi connectivity index (χ3n) is 2.98. The number of ether oxygens (including phenoxy) is 1. The summed E-state index contributed by atoms with van der Waals surface area (Å²) in [6.07, 6.45) is -0.590. The average Bonchev–Trinajstić information content (AvgIpc) is 2.45. The van der Waals surface area contributed by atoms with E-state index in [1.807, 2.05) is 54.6 Å². The van der Waals surface area contributed by atoms with Crippen LogP contribution in [0, 0.1) is 5.41 Å². The van der Waals surface area contributed by atoms with Gasteiger partial charge in [-0.05, 0) is 28.7 Å². The van der Waals surface area contributed by atoms with Crippen molar-refractivity contribution < 1.29 is 9.84 Å². The number of hydrogen-bond acceptors (Lipinski definition) is 2. The fourth-order valence-corrected chi connectivity index (χ4v) is 1.87. The molecule has 20 heavy (non-hydrogen) atoms. The molecule has 0 saturated heterocycles. The van der Waals surface area contributed by atoms with Gasteiger partial charge in [-0.25, -0.2) is 0 Å². The smallest absolute Gasteiger partial charge is 0.119 e. The van der Waals surface area contributed by atoms with Gasteiger partial charge in [-0.15, -0.1) is 0 Å². The van der Waals surface area contributed by atoms with Crippen LogP contribution in [0.1, 0.15) is 38.0 Å². The minimum Gasteiger partial charge on any atom is -0.493 e. The Kier molecular flexibility index (Phi) is 4.46. The number of benzene rings is 2. The first-order valence-electron chi connectivity index (χ1n) is 6.91. The molecule has 2 aromatic rings. The molecule has 0 saturated carbocycles. The second-order valence-electron chi connectivity index (χ2n) is 6.23. The molecule has 0 aromatic heterocycles. The van der Waals surface area contributed by atoms with E-state index in [0.717, 1.165) is 16.9 Å². The Balaban J connectivity index is 2.05. The zero-order valence-electron chi connectivity index (χ0n) is 12.3. The molecule has 1 N–H and O–H groups in total. The lowest BCUT2D eigenvalue weighted by molar-refractivity contribution is 0.197. The van der Waals surface area contributed by atoms with E-state index in [4.69, 9.17) is 4.74 Å². The van der Waals surface area contributed by atoms with Crippen LogP contribution in [0.3, 0.4) is 0 Å². The quantitative estimate of drug-likeness (QED) is 0.902. The molecule has 0 aliphatic rings. The Morgan fingerprint density at radius 1 is 0.900 bits per heavy atom. The van der Waals surface area contributed by atoms with Crippen LogP contribution < -0.4 is 4.74 Å². The molecular weight excluding hydrogens is 248 g/mol. The zero-order valence-corrected chi connectivity index (χ0v) is 12.3. The second-order valence-corrected chi connectivity index (χ2v) is 6.23. The van der Waals surface area contributed by atoms with Gasteiger partial charge in [0.2, 0.25) is 0 Å². The van der Waals surface area contributed by atoms with E-state index in [0.29, 0.717) is 6.61 Å². The first-order valence-corrected chi connectivity index (χ1v) is 6.91. The van der Waals surface area contributed by atoms with Gasteiger partial charge in [-0.2, -0.15) is 0 Å². The molecule has 0 fully saturated rings. The van der Waals surface area contributed by atoms with Gasteiger partial charge in [-0.1, -0.05) is 63.2 Å². The Morgan fingerprint density at radius 2 is 1.45 bits per heavy atom. The topological polar surface area (TPSA) is 29.5 Å². The van der Waals surface area contributed by atoms with Crippen molar-refractivity contribution >= 4 is 0 Å². The van der Waals surface area contributed by atoms with Crippen LogP contribution in [-0.4, -0.2) is 11.7 Å². The first kappa shape index (κ1) is 14.6. The van der Waals surface area contributed by atoms with Gasteiger partial charge in [0.1, 0.15) is 11.9 Å². The average molecular weight is 270 g/mol. The van der Waals surface area contributed by atoms with Crippen molar-refractivity contribution in [1.29, 1.82) is 0 Å². The minimum absolute atomic E-state index is 0.141. The summed E-state index contributed by atoms with van der Waals surface area (Å²) in [5.74, 6) is 0.837. The molecule has 0 heterocycles. The van der Waals surface area contributed by atoms with E-state index >= 15 is 0 Å². The van der Waals surface area contributed by atoms with Gasteiger partial charge in [-0.3, -0.25) is 0 Å². The maximum absolute atomic E-state index is 10.3. The van der Waals surface area contributed by atoms with Crippen molar-refractivity contribution in [2.75, 3.05) is 6.61 Å². The van der Waals surface area contributed by atoms with Gasteiger partial charge in [0.05, 0.1) is 6.61 Å². The van der Waals surface area contributed by atoms with E-state index in [1.54, 1.807) is 0 Å². The van der Waals surface area contributed by atoms with Crippen LogP contribution in [0.15, 0.2) is 54.6 Å². The van der Waals surface area contributed by atoms with Crippen molar-refractivity contribution in [2.45, 2.75) is 26.9 Å². The lowest BCUT2D eigenvalue weighted by Gasteiger charge is -2.19. The van der Waals surface area contributed by atoms with E-state index in [-0.39, 0.29) is 5.41 Å². The highest BCUT2D eigenvalue weighted by atomic mass is 16.5. The van der Waals surface area contributed by atoms with E-state index in [9.17, 15) is 5.11 Å². The summed E-state index contributed by atoms with van der Waals surface area (Å²) in [6.45, 7) is 7.09. The van der Waals surface area contributed by atoms with E-state index in [1.165, 1.54) is 0 Å². The molecule has 0 spiro atoms. The summed E-state index contributed by atoms with van der Waals surface area (Å²) in [6, 6.07) is 17.3. The van der Waals surface area contributed by atoms with Crippen LogP contribution >= 0.6 is 0 Å². The van der Waals surface area contributed by atoms with Gasteiger partial charge in [0.15, 0.2) is 0 Å². The summed E-state index contributed by atoms with van der Waals surface area (Å²) < 4.78 is 5.73. The largest absolute Gasteiger partial charge is 0.493 e. The van der Waals surface area contributed by atoms with Crippen molar-refractivity contribution in [3.63, 3.8) is 0 Å². The second kappa shape index (κ2) is 6.10. The third kappa shape index (κ3) is 4.10. The maximum atomic E-state index is 10.3. The van der Waals surface area contributed by atoms with Crippen LogP contribution in [0.5, 0.6) is 5.75 Å². The van der Waals surface area contributed by atoms with Crippen LogP contribution in [0.25, 0.3) is 0 Å². The monoisotopic (exact) mass is 270 g/mol. The molecule has 0 amide bonds. The zero-order chi connectivity index (χ0) is 14.6. The van der Waals surface area contributed by atoms with Gasteiger partial charge in [0, 0.05) is 0 Å². The number of aliphatic hydroxyl groups is 1. The molecular formula is C18H22O2. The first-order chi connectivity index (χ1) is 9.46. The molecule has 2 rings (SSSR count). The van der Waals surface area contributed by atoms with Crippen molar-refractivity contribution in [3.8, 4) is 5.75 Å². The Hall–Kier alpha value is -1.80. The molecule has 1 atom stereocenters. The number of hydrogen-bond donors (Lipinski definition) is 1. The minimum atomic E-state index is -0.590. The predicted molar refractivity (Wildman–Crippen MR) is 81.9 cm³/mol. The number of rotatable bonds is 4. The summed E-state index contributed by atoms with van der Waals surface area (Å²) >= 11 is 0. The molecule has 2 heteroatoms. The van der Waals surface area contributed by atoms with Crippen molar-refractivity contribution in [3.05, 3.63) is 65.7 Å². The van der Waals surface area contributed by atoms with E-state index in [2.05, 4.69) is 20.8 Å². The Morgan fingerprint density at radius 3 is 2.00 bits per heavy atom. The molecule has 1 unspecified atom stereocenters. The fourth-order valence-electron chi connectivity index (χ4n) is 1.87.